The number of nitrogens with zero attached hydrogens (tertiary/aromatic N) is 1. The molecule has 1 amide bonds. The van der Waals surface area contributed by atoms with E-state index in [0.717, 1.165) is 5.56 Å². The van der Waals surface area contributed by atoms with E-state index in [0.29, 0.717) is 40.6 Å². The summed E-state index contributed by atoms with van der Waals surface area (Å²) in [7, 11) is 3.05. The Morgan fingerprint density at radius 2 is 1.62 bits per heavy atom. The molecule has 4 rings (SSSR count). The molecule has 7 heteroatoms. The van der Waals surface area contributed by atoms with Crippen molar-refractivity contribution in [3.8, 4) is 11.5 Å². The fourth-order valence-electron chi connectivity index (χ4n) is 4.14. The second kappa shape index (κ2) is 10.0. The monoisotopic (exact) mass is 477 g/mol. The number of methoxy groups -OCH3 is 2. The van der Waals surface area contributed by atoms with Crippen LogP contribution < -0.4 is 9.47 Å². The van der Waals surface area contributed by atoms with Crippen LogP contribution in [0.5, 0.6) is 11.5 Å². The van der Waals surface area contributed by atoms with Crippen molar-refractivity contribution in [1.82, 2.24) is 4.90 Å². The van der Waals surface area contributed by atoms with Crippen molar-refractivity contribution in [1.29, 1.82) is 0 Å². The minimum Gasteiger partial charge on any atom is -0.507 e. The van der Waals surface area contributed by atoms with Gasteiger partial charge in [0.05, 0.1) is 25.8 Å². The molecular weight excluding hydrogens is 454 g/mol. The number of amides is 1. The van der Waals surface area contributed by atoms with E-state index in [2.05, 4.69) is 0 Å². The van der Waals surface area contributed by atoms with Gasteiger partial charge in [-0.05, 0) is 53.9 Å². The van der Waals surface area contributed by atoms with Crippen LogP contribution in [0.3, 0.4) is 0 Å². The lowest BCUT2D eigenvalue weighted by Gasteiger charge is -2.26. The minimum absolute atomic E-state index is 0.0209. The number of likely N-dealkylation sites (tertiary alicyclic amines) is 1. The Labute approximate surface area is 203 Å². The summed E-state index contributed by atoms with van der Waals surface area (Å²) in [5.41, 5.74) is 2.08. The standard InChI is InChI=1S/C27H24ClNO5/c1-33-21-13-10-19(16-22(21)34-2)24-23(25(30)18-8-11-20(28)12-9-18)26(31)27(32)29(24)15-14-17-6-4-3-5-7-17/h3-13,16,24,30H,14-15H2,1-2H3. The molecule has 1 saturated heterocycles. The lowest BCUT2D eigenvalue weighted by atomic mass is 9.95. The molecule has 34 heavy (non-hydrogen) atoms. The Hall–Kier alpha value is -3.77. The molecule has 1 aliphatic heterocycles. The molecule has 0 aliphatic carbocycles. The van der Waals surface area contributed by atoms with E-state index in [9.17, 15) is 14.7 Å². The van der Waals surface area contributed by atoms with Crippen molar-refractivity contribution in [2.45, 2.75) is 12.5 Å². The fourth-order valence-corrected chi connectivity index (χ4v) is 4.26. The summed E-state index contributed by atoms with van der Waals surface area (Å²) >= 11 is 5.98. The molecule has 1 heterocycles. The summed E-state index contributed by atoms with van der Waals surface area (Å²) in [6, 6.07) is 20.6. The fraction of sp³-hybridized carbons (Fsp3) is 0.185. The van der Waals surface area contributed by atoms with Crippen LogP contribution in [0.1, 0.15) is 22.7 Å². The SMILES string of the molecule is COc1ccc(C2C(=C(O)c3ccc(Cl)cc3)C(=O)C(=O)N2CCc2ccccc2)cc1OC. The van der Waals surface area contributed by atoms with Gasteiger partial charge in [0.2, 0.25) is 0 Å². The zero-order chi connectivity index (χ0) is 24.2. The highest BCUT2D eigenvalue weighted by Crippen LogP contribution is 2.42. The second-order valence-electron chi connectivity index (χ2n) is 7.85. The maximum Gasteiger partial charge on any atom is 0.295 e. The summed E-state index contributed by atoms with van der Waals surface area (Å²) in [5.74, 6) is -0.672. The molecule has 1 N–H and O–H groups in total. The first-order valence-electron chi connectivity index (χ1n) is 10.7. The van der Waals surface area contributed by atoms with E-state index < -0.39 is 17.7 Å². The number of rotatable bonds is 7. The predicted molar refractivity (Wildman–Crippen MR) is 130 cm³/mol. The Morgan fingerprint density at radius 1 is 0.941 bits per heavy atom. The van der Waals surface area contributed by atoms with Gasteiger partial charge in [-0.2, -0.15) is 0 Å². The van der Waals surface area contributed by atoms with Crippen molar-refractivity contribution in [3.05, 3.63) is 100 Å². The van der Waals surface area contributed by atoms with E-state index in [4.69, 9.17) is 21.1 Å². The average molecular weight is 478 g/mol. The number of ether oxygens (including phenoxy) is 2. The summed E-state index contributed by atoms with van der Waals surface area (Å²) in [6.45, 7) is 0.297. The van der Waals surface area contributed by atoms with E-state index in [-0.39, 0.29) is 11.3 Å². The summed E-state index contributed by atoms with van der Waals surface area (Å²) in [5, 5.41) is 11.6. The molecule has 0 aromatic heterocycles. The Balaban J connectivity index is 1.82. The lowest BCUT2D eigenvalue weighted by Crippen LogP contribution is -2.31. The van der Waals surface area contributed by atoms with Gasteiger partial charge in [-0.3, -0.25) is 9.59 Å². The molecule has 0 radical (unpaired) electrons. The Bertz CT molecular complexity index is 1240. The van der Waals surface area contributed by atoms with Gasteiger partial charge in [0.15, 0.2) is 11.5 Å². The molecule has 0 spiro atoms. The molecule has 3 aromatic carbocycles. The number of ketones is 1. The van der Waals surface area contributed by atoms with Gasteiger partial charge in [0.1, 0.15) is 5.76 Å². The largest absolute Gasteiger partial charge is 0.507 e. The van der Waals surface area contributed by atoms with Crippen LogP contribution in [0, 0.1) is 0 Å². The number of aliphatic hydroxyl groups is 1. The highest BCUT2D eigenvalue weighted by atomic mass is 35.5. The van der Waals surface area contributed by atoms with Crippen LogP contribution in [0.2, 0.25) is 5.02 Å². The highest BCUT2D eigenvalue weighted by Gasteiger charge is 2.46. The molecule has 3 aromatic rings. The predicted octanol–water partition coefficient (Wildman–Crippen LogP) is 5.02. The first kappa shape index (κ1) is 23.4. The number of hydrogen-bond donors (Lipinski definition) is 1. The molecular formula is C27H24ClNO5. The number of halogens is 1. The quantitative estimate of drug-likeness (QED) is 0.294. The number of benzene rings is 3. The molecule has 1 aliphatic rings. The van der Waals surface area contributed by atoms with Crippen molar-refractivity contribution in [3.63, 3.8) is 0 Å². The molecule has 174 valence electrons. The van der Waals surface area contributed by atoms with E-state index in [1.54, 1.807) is 42.5 Å². The maximum atomic E-state index is 13.2. The van der Waals surface area contributed by atoms with Crippen molar-refractivity contribution in [2.75, 3.05) is 20.8 Å². The lowest BCUT2D eigenvalue weighted by molar-refractivity contribution is -0.139. The van der Waals surface area contributed by atoms with Crippen molar-refractivity contribution in [2.24, 2.45) is 0 Å². The van der Waals surface area contributed by atoms with Gasteiger partial charge in [0, 0.05) is 17.1 Å². The first-order valence-corrected chi connectivity index (χ1v) is 11.1. The van der Waals surface area contributed by atoms with Gasteiger partial charge in [-0.1, -0.05) is 48.0 Å². The molecule has 1 atom stereocenters. The summed E-state index contributed by atoms with van der Waals surface area (Å²) < 4.78 is 10.8. The third kappa shape index (κ3) is 4.50. The topological polar surface area (TPSA) is 76.1 Å². The van der Waals surface area contributed by atoms with Crippen molar-refractivity contribution < 1.29 is 24.2 Å². The third-order valence-electron chi connectivity index (χ3n) is 5.87. The van der Waals surface area contributed by atoms with Gasteiger partial charge in [0.25, 0.3) is 11.7 Å². The van der Waals surface area contributed by atoms with Gasteiger partial charge < -0.3 is 19.5 Å². The summed E-state index contributed by atoms with van der Waals surface area (Å²) in [6.07, 6.45) is 0.554. The Morgan fingerprint density at radius 3 is 2.26 bits per heavy atom. The molecule has 0 saturated carbocycles. The number of Topliss-reactive ketones (excluding diaryl/α,β-unsaturated/α-hetero) is 1. The maximum absolute atomic E-state index is 13.2. The summed E-state index contributed by atoms with van der Waals surface area (Å²) in [4.78, 5) is 27.8. The van der Waals surface area contributed by atoms with Crippen LogP contribution in [0.15, 0.2) is 78.4 Å². The van der Waals surface area contributed by atoms with E-state index >= 15 is 0 Å². The van der Waals surface area contributed by atoms with Crippen LogP contribution in [0.25, 0.3) is 5.76 Å². The Kier molecular flexibility index (Phi) is 6.89. The molecule has 1 fully saturated rings. The second-order valence-corrected chi connectivity index (χ2v) is 8.29. The minimum atomic E-state index is -0.792. The third-order valence-corrected chi connectivity index (χ3v) is 6.12. The number of aliphatic hydroxyl groups excluding tert-OH is 1. The van der Waals surface area contributed by atoms with E-state index in [1.807, 2.05) is 30.3 Å². The molecule has 1 unspecified atom stereocenters. The number of carbonyl (C=O) groups excluding carboxylic acids is 2. The van der Waals surface area contributed by atoms with Crippen LogP contribution in [-0.4, -0.2) is 42.5 Å². The average Bonchev–Trinajstić information content (AvgIpc) is 3.12. The van der Waals surface area contributed by atoms with E-state index in [1.165, 1.54) is 19.1 Å². The molecule has 0 bridgehead atoms. The van der Waals surface area contributed by atoms with Crippen molar-refractivity contribution >= 4 is 29.1 Å². The first-order chi connectivity index (χ1) is 16.4. The zero-order valence-electron chi connectivity index (χ0n) is 18.8. The smallest absolute Gasteiger partial charge is 0.295 e. The zero-order valence-corrected chi connectivity index (χ0v) is 19.6. The van der Waals surface area contributed by atoms with Crippen LogP contribution in [0.4, 0.5) is 0 Å². The normalized spacial score (nSPS) is 17.1. The number of hydrogen-bond acceptors (Lipinski definition) is 5. The van der Waals surface area contributed by atoms with Gasteiger partial charge in [-0.15, -0.1) is 0 Å². The van der Waals surface area contributed by atoms with Gasteiger partial charge in [-0.25, -0.2) is 0 Å². The van der Waals surface area contributed by atoms with Crippen LogP contribution in [-0.2, 0) is 16.0 Å². The highest BCUT2D eigenvalue weighted by molar-refractivity contribution is 6.46. The van der Waals surface area contributed by atoms with Crippen LogP contribution >= 0.6 is 11.6 Å². The molecule has 6 nitrogen and oxygen atoms in total. The van der Waals surface area contributed by atoms with Gasteiger partial charge >= 0.3 is 0 Å². The number of carbonyl (C=O) groups is 2.